The third kappa shape index (κ3) is 2.68. The van der Waals surface area contributed by atoms with Gasteiger partial charge in [0.25, 0.3) is 0 Å². The highest BCUT2D eigenvalue weighted by Gasteiger charge is 2.18. The fourth-order valence-corrected chi connectivity index (χ4v) is 3.50. The second-order valence-corrected chi connectivity index (χ2v) is 5.98. The quantitative estimate of drug-likeness (QED) is 0.858. The number of likely N-dealkylation sites (tertiary alicyclic amines) is 1. The molecule has 0 bridgehead atoms. The van der Waals surface area contributed by atoms with Crippen molar-refractivity contribution in [2.24, 2.45) is 0 Å². The fourth-order valence-electron chi connectivity index (χ4n) is 1.79. The maximum Gasteiger partial charge on any atom is 0.0317 e. The van der Waals surface area contributed by atoms with E-state index in [9.17, 15) is 0 Å². The first-order valence-corrected chi connectivity index (χ1v) is 6.85. The van der Waals surface area contributed by atoms with E-state index < -0.39 is 0 Å². The van der Waals surface area contributed by atoms with Crippen LogP contribution in [0, 0.1) is 3.57 Å². The molecule has 2 heterocycles. The first-order chi connectivity index (χ1) is 6.75. The number of nitrogens with zero attached hydrogens (tertiary/aromatic N) is 1. The van der Waals surface area contributed by atoms with Crippen LogP contribution in [-0.2, 0) is 6.54 Å². The Balaban J connectivity index is 1.80. The molecule has 78 valence electrons. The van der Waals surface area contributed by atoms with Gasteiger partial charge in [-0.15, -0.1) is 11.3 Å². The lowest BCUT2D eigenvalue weighted by Crippen LogP contribution is -2.30. The Morgan fingerprint density at radius 1 is 1.71 bits per heavy atom. The third-order valence-electron chi connectivity index (χ3n) is 2.63. The van der Waals surface area contributed by atoms with E-state index in [1.165, 1.54) is 28.0 Å². The van der Waals surface area contributed by atoms with E-state index in [0.29, 0.717) is 6.04 Å². The summed E-state index contributed by atoms with van der Waals surface area (Å²) >= 11 is 4.26. The van der Waals surface area contributed by atoms with Crippen LogP contribution in [0.2, 0.25) is 0 Å². The molecule has 1 saturated heterocycles. The minimum absolute atomic E-state index is 0.692. The van der Waals surface area contributed by atoms with E-state index in [2.05, 4.69) is 51.3 Å². The normalized spacial score (nSPS) is 23.1. The molecule has 1 aromatic heterocycles. The summed E-state index contributed by atoms with van der Waals surface area (Å²) in [6.07, 6.45) is 1.29. The van der Waals surface area contributed by atoms with Crippen LogP contribution in [0.3, 0.4) is 0 Å². The second kappa shape index (κ2) is 4.92. The molecule has 0 aromatic carbocycles. The summed E-state index contributed by atoms with van der Waals surface area (Å²) < 4.78 is 1.39. The van der Waals surface area contributed by atoms with Crippen LogP contribution in [0.1, 0.15) is 11.3 Å². The van der Waals surface area contributed by atoms with E-state index in [1.54, 1.807) is 0 Å². The van der Waals surface area contributed by atoms with Gasteiger partial charge in [0.05, 0.1) is 0 Å². The van der Waals surface area contributed by atoms with Gasteiger partial charge in [-0.1, -0.05) is 0 Å². The maximum absolute atomic E-state index is 3.62. The van der Waals surface area contributed by atoms with Gasteiger partial charge in [0.2, 0.25) is 0 Å². The molecule has 0 saturated carbocycles. The Bertz CT molecular complexity index is 300. The Morgan fingerprint density at radius 2 is 2.57 bits per heavy atom. The summed E-state index contributed by atoms with van der Waals surface area (Å²) in [6, 6.07) is 2.88. The number of rotatable bonds is 3. The second-order valence-electron chi connectivity index (χ2n) is 3.82. The summed E-state index contributed by atoms with van der Waals surface area (Å²) in [5.41, 5.74) is 0. The van der Waals surface area contributed by atoms with Gasteiger partial charge in [-0.3, -0.25) is 0 Å². The number of likely N-dealkylation sites (N-methyl/N-ethyl adjacent to an activating group) is 1. The molecular formula is C10H15IN2S. The minimum Gasteiger partial charge on any atom is -0.308 e. The summed E-state index contributed by atoms with van der Waals surface area (Å²) in [5, 5.41) is 5.79. The van der Waals surface area contributed by atoms with Gasteiger partial charge in [-0.25, -0.2) is 0 Å². The van der Waals surface area contributed by atoms with Crippen LogP contribution in [0.15, 0.2) is 11.4 Å². The standard InChI is InChI=1S/C10H15IN2S/c1-13-4-2-8(7-13)12-6-10-9(11)3-5-14-10/h3,5,8,12H,2,4,6-7H2,1H3. The number of thiophene rings is 1. The van der Waals surface area contributed by atoms with Gasteiger partial charge in [0.15, 0.2) is 0 Å². The molecular weight excluding hydrogens is 307 g/mol. The van der Waals surface area contributed by atoms with Crippen molar-refractivity contribution in [3.63, 3.8) is 0 Å². The predicted octanol–water partition coefficient (Wildman–Crippen LogP) is 2.15. The molecule has 2 rings (SSSR count). The highest BCUT2D eigenvalue weighted by Crippen LogP contribution is 2.19. The van der Waals surface area contributed by atoms with Gasteiger partial charge in [-0.2, -0.15) is 0 Å². The predicted molar refractivity (Wildman–Crippen MR) is 69.8 cm³/mol. The summed E-state index contributed by atoms with van der Waals surface area (Å²) in [6.45, 7) is 3.47. The van der Waals surface area contributed by atoms with E-state index >= 15 is 0 Å². The number of hydrogen-bond donors (Lipinski definition) is 1. The zero-order chi connectivity index (χ0) is 9.97. The van der Waals surface area contributed by atoms with E-state index in [4.69, 9.17) is 0 Å². The van der Waals surface area contributed by atoms with Gasteiger partial charge in [0, 0.05) is 27.6 Å². The lowest BCUT2D eigenvalue weighted by atomic mass is 10.2. The van der Waals surface area contributed by atoms with Crippen LogP contribution >= 0.6 is 33.9 Å². The molecule has 1 aromatic rings. The smallest absolute Gasteiger partial charge is 0.0317 e. The van der Waals surface area contributed by atoms with Crippen molar-refractivity contribution >= 4 is 33.9 Å². The van der Waals surface area contributed by atoms with Gasteiger partial charge < -0.3 is 10.2 Å². The van der Waals surface area contributed by atoms with Crippen LogP contribution in [0.25, 0.3) is 0 Å². The van der Waals surface area contributed by atoms with Gasteiger partial charge >= 0.3 is 0 Å². The molecule has 1 fully saturated rings. The molecule has 1 atom stereocenters. The average molecular weight is 322 g/mol. The lowest BCUT2D eigenvalue weighted by Gasteiger charge is -2.11. The van der Waals surface area contributed by atoms with E-state index in [1.807, 2.05) is 11.3 Å². The summed E-state index contributed by atoms with van der Waals surface area (Å²) in [5.74, 6) is 0. The van der Waals surface area contributed by atoms with Crippen molar-refractivity contribution in [3.05, 3.63) is 19.9 Å². The van der Waals surface area contributed by atoms with Crippen molar-refractivity contribution in [1.82, 2.24) is 10.2 Å². The molecule has 1 aliphatic heterocycles. The number of halogens is 1. The van der Waals surface area contributed by atoms with Gasteiger partial charge in [0.1, 0.15) is 0 Å². The summed E-state index contributed by atoms with van der Waals surface area (Å²) in [7, 11) is 2.19. The monoisotopic (exact) mass is 322 g/mol. The van der Waals surface area contributed by atoms with Crippen molar-refractivity contribution < 1.29 is 0 Å². The maximum atomic E-state index is 3.62. The van der Waals surface area contributed by atoms with Crippen LogP contribution in [-0.4, -0.2) is 31.1 Å². The number of hydrogen-bond acceptors (Lipinski definition) is 3. The Kier molecular flexibility index (Phi) is 3.81. The lowest BCUT2D eigenvalue weighted by molar-refractivity contribution is 0.398. The molecule has 14 heavy (non-hydrogen) atoms. The van der Waals surface area contributed by atoms with Crippen LogP contribution in [0.4, 0.5) is 0 Å². The van der Waals surface area contributed by atoms with Crippen LogP contribution in [0.5, 0.6) is 0 Å². The SMILES string of the molecule is CN1CCC(NCc2sccc2I)C1. The molecule has 0 amide bonds. The average Bonchev–Trinajstić information content (AvgIpc) is 2.72. The Hall–Kier alpha value is 0.350. The van der Waals surface area contributed by atoms with Crippen molar-refractivity contribution in [1.29, 1.82) is 0 Å². The molecule has 1 N–H and O–H groups in total. The fraction of sp³-hybridized carbons (Fsp3) is 0.600. The highest BCUT2D eigenvalue weighted by atomic mass is 127. The topological polar surface area (TPSA) is 15.3 Å². The Labute approximate surface area is 103 Å². The third-order valence-corrected chi connectivity index (χ3v) is 4.93. The van der Waals surface area contributed by atoms with Crippen LogP contribution < -0.4 is 5.32 Å². The first kappa shape index (κ1) is 10.9. The van der Waals surface area contributed by atoms with Crippen molar-refractivity contribution in [2.75, 3.05) is 20.1 Å². The largest absolute Gasteiger partial charge is 0.308 e. The van der Waals surface area contributed by atoms with Crippen molar-refractivity contribution in [2.45, 2.75) is 19.0 Å². The molecule has 0 spiro atoms. The minimum atomic E-state index is 0.692. The molecule has 1 unspecified atom stereocenters. The number of nitrogens with one attached hydrogen (secondary N) is 1. The molecule has 1 aliphatic rings. The molecule has 0 aliphatic carbocycles. The molecule has 4 heteroatoms. The zero-order valence-corrected chi connectivity index (χ0v) is 11.3. The van der Waals surface area contributed by atoms with Gasteiger partial charge in [-0.05, 0) is 54.1 Å². The molecule has 0 radical (unpaired) electrons. The van der Waals surface area contributed by atoms with E-state index in [0.717, 1.165) is 6.54 Å². The van der Waals surface area contributed by atoms with Crippen molar-refractivity contribution in [3.8, 4) is 0 Å². The zero-order valence-electron chi connectivity index (χ0n) is 8.29. The first-order valence-electron chi connectivity index (χ1n) is 4.89. The Morgan fingerprint density at radius 3 is 3.14 bits per heavy atom. The highest BCUT2D eigenvalue weighted by molar-refractivity contribution is 14.1. The van der Waals surface area contributed by atoms with E-state index in [-0.39, 0.29) is 0 Å². The molecule has 2 nitrogen and oxygen atoms in total. The summed E-state index contributed by atoms with van der Waals surface area (Å²) in [4.78, 5) is 3.86.